The van der Waals surface area contributed by atoms with Crippen LogP contribution in [0.25, 0.3) is 0 Å². The van der Waals surface area contributed by atoms with Gasteiger partial charge in [0.25, 0.3) is 0 Å². The Bertz CT molecular complexity index is 215. The van der Waals surface area contributed by atoms with Crippen molar-refractivity contribution in [2.45, 2.75) is 19.8 Å². The quantitative estimate of drug-likeness (QED) is 0.590. The van der Waals surface area contributed by atoms with Crippen LogP contribution in [0, 0.1) is 0 Å². The lowest BCUT2D eigenvalue weighted by Crippen LogP contribution is -2.49. The first kappa shape index (κ1) is 14.4. The van der Waals surface area contributed by atoms with Crippen LogP contribution in [0.5, 0.6) is 0 Å². The molecule has 0 aromatic rings. The van der Waals surface area contributed by atoms with E-state index in [0.29, 0.717) is 6.54 Å². The summed E-state index contributed by atoms with van der Waals surface area (Å²) >= 11 is 0. The number of nitrogens with two attached hydrogens (primary N) is 1. The first-order chi connectivity index (χ1) is 8.26. The number of nitrogens with zero attached hydrogens (tertiary/aromatic N) is 2. The molecule has 3 N–H and O–H groups in total. The van der Waals surface area contributed by atoms with E-state index in [4.69, 9.17) is 5.73 Å². The fraction of sp³-hybridized carbons (Fsp3) is 0.917. The number of nitrogens with one attached hydrogen (secondary N) is 1. The average molecular weight is 242 g/mol. The van der Waals surface area contributed by atoms with Crippen molar-refractivity contribution in [3.63, 3.8) is 0 Å². The van der Waals surface area contributed by atoms with Crippen LogP contribution in [-0.2, 0) is 4.79 Å². The number of hydrogen-bond donors (Lipinski definition) is 2. The summed E-state index contributed by atoms with van der Waals surface area (Å²) in [6, 6.07) is 0. The van der Waals surface area contributed by atoms with E-state index in [0.717, 1.165) is 52.2 Å². The van der Waals surface area contributed by atoms with Gasteiger partial charge >= 0.3 is 0 Å². The zero-order valence-corrected chi connectivity index (χ0v) is 11.0. The predicted molar refractivity (Wildman–Crippen MR) is 69.9 cm³/mol. The van der Waals surface area contributed by atoms with Gasteiger partial charge in [0.05, 0.1) is 6.54 Å². The van der Waals surface area contributed by atoms with Crippen LogP contribution in [0.3, 0.4) is 0 Å². The van der Waals surface area contributed by atoms with Crippen LogP contribution >= 0.6 is 0 Å². The van der Waals surface area contributed by atoms with Crippen LogP contribution in [0.1, 0.15) is 19.8 Å². The molecule has 17 heavy (non-hydrogen) atoms. The molecule has 0 spiro atoms. The third-order valence-electron chi connectivity index (χ3n) is 3.13. The molecule has 1 fully saturated rings. The van der Waals surface area contributed by atoms with Crippen molar-refractivity contribution in [1.29, 1.82) is 0 Å². The molecule has 0 atom stereocenters. The summed E-state index contributed by atoms with van der Waals surface area (Å²) in [5.41, 5.74) is 5.48. The Labute approximate surface area is 104 Å². The third kappa shape index (κ3) is 6.00. The number of hydrogen-bond acceptors (Lipinski definition) is 4. The van der Waals surface area contributed by atoms with Crippen molar-refractivity contribution < 1.29 is 4.79 Å². The highest BCUT2D eigenvalue weighted by Crippen LogP contribution is 2.02. The lowest BCUT2D eigenvalue weighted by molar-refractivity contribution is -0.122. The molecule has 0 unspecified atom stereocenters. The van der Waals surface area contributed by atoms with Crippen molar-refractivity contribution in [3.8, 4) is 0 Å². The molecule has 0 aromatic carbocycles. The monoisotopic (exact) mass is 242 g/mol. The highest BCUT2D eigenvalue weighted by Gasteiger charge is 2.17. The molecule has 0 radical (unpaired) electrons. The Kier molecular flexibility index (Phi) is 7.16. The Morgan fingerprint density at radius 3 is 2.41 bits per heavy atom. The maximum Gasteiger partial charge on any atom is 0.234 e. The molecule has 1 aliphatic rings. The maximum atomic E-state index is 11.4. The Morgan fingerprint density at radius 1 is 1.18 bits per heavy atom. The van der Waals surface area contributed by atoms with Crippen LogP contribution in [-0.4, -0.2) is 68.1 Å². The smallest absolute Gasteiger partial charge is 0.234 e. The van der Waals surface area contributed by atoms with Crippen molar-refractivity contribution in [1.82, 2.24) is 15.1 Å². The molecule has 100 valence electrons. The van der Waals surface area contributed by atoms with Crippen LogP contribution in [0.2, 0.25) is 0 Å². The first-order valence-corrected chi connectivity index (χ1v) is 6.67. The molecule has 1 aliphatic heterocycles. The standard InChI is InChI=1S/C12H26N4O/c1-2-14-12(17)11-16-9-7-15(8-10-16)6-4-3-5-13/h2-11,13H2,1H3,(H,14,17). The van der Waals surface area contributed by atoms with Gasteiger partial charge in [-0.15, -0.1) is 0 Å². The van der Waals surface area contributed by atoms with Crippen LogP contribution in [0.4, 0.5) is 0 Å². The van der Waals surface area contributed by atoms with Gasteiger partial charge in [-0.3, -0.25) is 9.69 Å². The van der Waals surface area contributed by atoms with Crippen LogP contribution < -0.4 is 11.1 Å². The van der Waals surface area contributed by atoms with Crippen molar-refractivity contribution >= 4 is 5.91 Å². The minimum Gasteiger partial charge on any atom is -0.355 e. The fourth-order valence-electron chi connectivity index (χ4n) is 2.11. The summed E-state index contributed by atoms with van der Waals surface area (Å²) in [7, 11) is 0. The van der Waals surface area contributed by atoms with E-state index in [2.05, 4.69) is 15.1 Å². The molecule has 5 heteroatoms. The number of carbonyl (C=O) groups is 1. The molecule has 0 bridgehead atoms. The zero-order chi connectivity index (χ0) is 12.5. The van der Waals surface area contributed by atoms with E-state index < -0.39 is 0 Å². The molecule has 0 saturated carbocycles. The van der Waals surface area contributed by atoms with Crippen molar-refractivity contribution in [2.24, 2.45) is 5.73 Å². The Morgan fingerprint density at radius 2 is 1.82 bits per heavy atom. The fourth-order valence-corrected chi connectivity index (χ4v) is 2.11. The van der Waals surface area contributed by atoms with E-state index >= 15 is 0 Å². The number of likely N-dealkylation sites (N-methyl/N-ethyl adjacent to an activating group) is 1. The zero-order valence-electron chi connectivity index (χ0n) is 11.0. The van der Waals surface area contributed by atoms with Gasteiger partial charge in [-0.05, 0) is 32.9 Å². The molecule has 5 nitrogen and oxygen atoms in total. The van der Waals surface area contributed by atoms with E-state index in [1.165, 1.54) is 6.42 Å². The number of piperazine rings is 1. The van der Waals surface area contributed by atoms with Gasteiger partial charge in [0.1, 0.15) is 0 Å². The van der Waals surface area contributed by atoms with Gasteiger partial charge in [-0.25, -0.2) is 0 Å². The topological polar surface area (TPSA) is 61.6 Å². The number of carbonyl (C=O) groups excluding carboxylic acids is 1. The molecular formula is C12H26N4O. The van der Waals surface area contributed by atoms with E-state index in [-0.39, 0.29) is 5.91 Å². The van der Waals surface area contributed by atoms with E-state index in [1.54, 1.807) is 0 Å². The summed E-state index contributed by atoms with van der Waals surface area (Å²) < 4.78 is 0. The van der Waals surface area contributed by atoms with Gasteiger partial charge in [0.2, 0.25) is 5.91 Å². The van der Waals surface area contributed by atoms with Gasteiger partial charge < -0.3 is 16.0 Å². The summed E-state index contributed by atoms with van der Waals surface area (Å²) in [4.78, 5) is 16.1. The molecule has 1 saturated heterocycles. The molecule has 0 aliphatic carbocycles. The minimum absolute atomic E-state index is 0.143. The normalized spacial score (nSPS) is 18.2. The minimum atomic E-state index is 0.143. The second kappa shape index (κ2) is 8.44. The molecule has 1 rings (SSSR count). The Balaban J connectivity index is 2.10. The number of rotatable bonds is 7. The van der Waals surface area contributed by atoms with Crippen LogP contribution in [0.15, 0.2) is 0 Å². The summed E-state index contributed by atoms with van der Waals surface area (Å²) in [6.45, 7) is 9.30. The second-order valence-corrected chi connectivity index (χ2v) is 4.57. The second-order valence-electron chi connectivity index (χ2n) is 4.57. The van der Waals surface area contributed by atoms with E-state index in [9.17, 15) is 4.79 Å². The van der Waals surface area contributed by atoms with Crippen molar-refractivity contribution in [3.05, 3.63) is 0 Å². The lowest BCUT2D eigenvalue weighted by atomic mass is 10.2. The number of unbranched alkanes of at least 4 members (excludes halogenated alkanes) is 1. The van der Waals surface area contributed by atoms with Gasteiger partial charge in [-0.1, -0.05) is 0 Å². The maximum absolute atomic E-state index is 11.4. The largest absolute Gasteiger partial charge is 0.355 e. The first-order valence-electron chi connectivity index (χ1n) is 6.67. The van der Waals surface area contributed by atoms with Gasteiger partial charge in [0, 0.05) is 32.7 Å². The highest BCUT2D eigenvalue weighted by atomic mass is 16.2. The summed E-state index contributed by atoms with van der Waals surface area (Å²) in [5, 5.41) is 2.84. The lowest BCUT2D eigenvalue weighted by Gasteiger charge is -2.34. The molecule has 1 amide bonds. The van der Waals surface area contributed by atoms with Crippen molar-refractivity contribution in [2.75, 3.05) is 52.4 Å². The molecule has 0 aromatic heterocycles. The summed E-state index contributed by atoms with van der Waals surface area (Å²) in [5.74, 6) is 0.143. The Hall–Kier alpha value is -0.650. The highest BCUT2D eigenvalue weighted by molar-refractivity contribution is 5.77. The van der Waals surface area contributed by atoms with Gasteiger partial charge in [0.15, 0.2) is 0 Å². The predicted octanol–water partition coefficient (Wildman–Crippen LogP) is -0.521. The molecular weight excluding hydrogens is 216 g/mol. The van der Waals surface area contributed by atoms with Gasteiger partial charge in [-0.2, -0.15) is 0 Å². The SMILES string of the molecule is CCNC(=O)CN1CCN(CCCCN)CC1. The average Bonchev–Trinajstić information content (AvgIpc) is 2.32. The number of amides is 1. The third-order valence-corrected chi connectivity index (χ3v) is 3.13. The summed E-state index contributed by atoms with van der Waals surface area (Å²) in [6.07, 6.45) is 2.30. The molecule has 1 heterocycles. The van der Waals surface area contributed by atoms with E-state index in [1.807, 2.05) is 6.92 Å².